The highest BCUT2D eigenvalue weighted by Crippen LogP contribution is 2.26. The van der Waals surface area contributed by atoms with Crippen LogP contribution in [-0.4, -0.2) is 55.7 Å². The molecule has 3 aromatic rings. The van der Waals surface area contributed by atoms with Crippen molar-refractivity contribution in [3.05, 3.63) is 92.4 Å². The van der Waals surface area contributed by atoms with Gasteiger partial charge < -0.3 is 9.80 Å². The van der Waals surface area contributed by atoms with E-state index in [0.29, 0.717) is 30.3 Å². The quantitative estimate of drug-likeness (QED) is 0.394. The Morgan fingerprint density at radius 2 is 1.76 bits per heavy atom. The summed E-state index contributed by atoms with van der Waals surface area (Å²) in [6, 6.07) is 17.7. The van der Waals surface area contributed by atoms with Gasteiger partial charge in [0, 0.05) is 40.9 Å². The molecular weight excluding hydrogens is 601 g/mol. The molecule has 194 valence electrons. The fraction of sp³-hybridized carbons (Fsp3) is 0.231. The van der Waals surface area contributed by atoms with Crippen molar-refractivity contribution in [3.63, 3.8) is 0 Å². The highest BCUT2D eigenvalue weighted by molar-refractivity contribution is 9.10. The maximum atomic E-state index is 13.3. The van der Waals surface area contributed by atoms with Gasteiger partial charge >= 0.3 is 0 Å². The van der Waals surface area contributed by atoms with Crippen molar-refractivity contribution in [1.82, 2.24) is 9.80 Å². The SMILES string of the molecule is CC1CN(C(=O)c2cc(S(=O)(=O)Nc3ccc(Br)cc3)ccc2Cl)CCN1C(=O)Cc1cccc(Cl)c1. The van der Waals surface area contributed by atoms with E-state index in [4.69, 9.17) is 23.2 Å². The van der Waals surface area contributed by atoms with Crippen molar-refractivity contribution in [2.45, 2.75) is 24.3 Å². The van der Waals surface area contributed by atoms with Gasteiger partial charge in [0.2, 0.25) is 5.91 Å². The monoisotopic (exact) mass is 623 g/mol. The number of carbonyl (C=O) groups excluding carboxylic acids is 2. The number of sulfonamides is 1. The van der Waals surface area contributed by atoms with Crippen molar-refractivity contribution in [3.8, 4) is 0 Å². The number of hydrogen-bond acceptors (Lipinski definition) is 4. The number of piperazine rings is 1. The molecule has 2 amide bonds. The standard InChI is InChI=1S/C26H24BrCl2N3O4S/c1-17-16-31(11-12-32(17)25(33)14-18-3-2-4-20(28)13-18)26(34)23-15-22(9-10-24(23)29)37(35,36)30-21-7-5-19(27)6-8-21/h2-10,13,15,17,30H,11-12,14,16H2,1H3. The third-order valence-electron chi connectivity index (χ3n) is 6.05. The lowest BCUT2D eigenvalue weighted by Gasteiger charge is -2.40. The van der Waals surface area contributed by atoms with Gasteiger partial charge in [-0.1, -0.05) is 51.3 Å². The molecule has 1 saturated heterocycles. The lowest BCUT2D eigenvalue weighted by molar-refractivity contribution is -0.134. The van der Waals surface area contributed by atoms with Crippen LogP contribution in [0.1, 0.15) is 22.8 Å². The first kappa shape index (κ1) is 27.4. The summed E-state index contributed by atoms with van der Waals surface area (Å²) in [6.07, 6.45) is 0.218. The largest absolute Gasteiger partial charge is 0.336 e. The number of benzene rings is 3. The smallest absolute Gasteiger partial charge is 0.261 e. The van der Waals surface area contributed by atoms with Gasteiger partial charge in [-0.25, -0.2) is 8.42 Å². The Labute approximate surface area is 234 Å². The van der Waals surface area contributed by atoms with Crippen LogP contribution >= 0.6 is 39.1 Å². The Hall–Kier alpha value is -2.59. The van der Waals surface area contributed by atoms with Gasteiger partial charge in [-0.2, -0.15) is 0 Å². The topological polar surface area (TPSA) is 86.8 Å². The van der Waals surface area contributed by atoms with Crippen LogP contribution in [0, 0.1) is 0 Å². The average Bonchev–Trinajstić information content (AvgIpc) is 2.85. The second-order valence-corrected chi connectivity index (χ2v) is 12.2. The van der Waals surface area contributed by atoms with Crippen molar-refractivity contribution in [2.75, 3.05) is 24.4 Å². The molecule has 7 nitrogen and oxygen atoms in total. The molecule has 0 radical (unpaired) electrons. The van der Waals surface area contributed by atoms with Crippen molar-refractivity contribution >= 4 is 66.7 Å². The zero-order valence-electron chi connectivity index (χ0n) is 19.8. The summed E-state index contributed by atoms with van der Waals surface area (Å²) in [6.45, 7) is 2.83. The Bertz CT molecular complexity index is 1430. The molecule has 4 rings (SSSR count). The first-order valence-electron chi connectivity index (χ1n) is 11.4. The first-order chi connectivity index (χ1) is 17.5. The minimum absolute atomic E-state index is 0.0491. The zero-order valence-corrected chi connectivity index (χ0v) is 23.7. The van der Waals surface area contributed by atoms with Crippen molar-refractivity contribution < 1.29 is 18.0 Å². The van der Waals surface area contributed by atoms with Gasteiger partial charge in [-0.05, 0) is 67.1 Å². The van der Waals surface area contributed by atoms with E-state index in [2.05, 4.69) is 20.7 Å². The Balaban J connectivity index is 1.46. The lowest BCUT2D eigenvalue weighted by atomic mass is 10.1. The molecule has 1 fully saturated rings. The molecule has 0 spiro atoms. The van der Waals surface area contributed by atoms with E-state index in [0.717, 1.165) is 10.0 Å². The van der Waals surface area contributed by atoms with Crippen LogP contribution in [0.5, 0.6) is 0 Å². The van der Waals surface area contributed by atoms with Crippen LogP contribution in [-0.2, 0) is 21.2 Å². The minimum Gasteiger partial charge on any atom is -0.336 e. The zero-order chi connectivity index (χ0) is 26.7. The number of amides is 2. The molecule has 3 aromatic carbocycles. The second-order valence-electron chi connectivity index (χ2n) is 8.75. The minimum atomic E-state index is -3.95. The number of anilines is 1. The molecule has 1 heterocycles. The summed E-state index contributed by atoms with van der Waals surface area (Å²) >= 11 is 15.7. The molecule has 1 atom stereocenters. The van der Waals surface area contributed by atoms with Gasteiger partial charge in [-0.3, -0.25) is 14.3 Å². The van der Waals surface area contributed by atoms with Gasteiger partial charge in [0.05, 0.1) is 21.9 Å². The van der Waals surface area contributed by atoms with Crippen LogP contribution < -0.4 is 4.72 Å². The molecule has 37 heavy (non-hydrogen) atoms. The molecule has 1 aliphatic rings. The lowest BCUT2D eigenvalue weighted by Crippen LogP contribution is -2.55. The van der Waals surface area contributed by atoms with E-state index in [-0.39, 0.29) is 39.8 Å². The van der Waals surface area contributed by atoms with Crippen LogP contribution in [0.15, 0.2) is 76.1 Å². The highest BCUT2D eigenvalue weighted by atomic mass is 79.9. The van der Waals surface area contributed by atoms with Crippen LogP contribution in [0.25, 0.3) is 0 Å². The van der Waals surface area contributed by atoms with E-state index in [9.17, 15) is 18.0 Å². The van der Waals surface area contributed by atoms with Gasteiger partial charge in [-0.15, -0.1) is 0 Å². The summed E-state index contributed by atoms with van der Waals surface area (Å²) < 4.78 is 29.2. The van der Waals surface area contributed by atoms with E-state index < -0.39 is 10.0 Å². The Morgan fingerprint density at radius 1 is 1.03 bits per heavy atom. The van der Waals surface area contributed by atoms with Crippen LogP contribution in [0.2, 0.25) is 10.0 Å². The number of rotatable bonds is 6. The molecule has 1 unspecified atom stereocenters. The van der Waals surface area contributed by atoms with Crippen molar-refractivity contribution in [1.29, 1.82) is 0 Å². The number of halogens is 3. The molecule has 11 heteroatoms. The average molecular weight is 625 g/mol. The molecule has 1 N–H and O–H groups in total. The summed E-state index contributed by atoms with van der Waals surface area (Å²) in [5.74, 6) is -0.438. The molecule has 0 aromatic heterocycles. The van der Waals surface area contributed by atoms with E-state index in [1.807, 2.05) is 13.0 Å². The van der Waals surface area contributed by atoms with Gasteiger partial charge in [0.1, 0.15) is 0 Å². The number of nitrogens with zero attached hydrogens (tertiary/aromatic N) is 2. The van der Waals surface area contributed by atoms with Gasteiger partial charge in [0.25, 0.3) is 15.9 Å². The molecule has 0 bridgehead atoms. The van der Waals surface area contributed by atoms with Crippen molar-refractivity contribution in [2.24, 2.45) is 0 Å². The normalized spacial score (nSPS) is 15.9. The third-order valence-corrected chi connectivity index (χ3v) is 8.53. The predicted molar refractivity (Wildman–Crippen MR) is 149 cm³/mol. The molecule has 1 aliphatic heterocycles. The predicted octanol–water partition coefficient (Wildman–Crippen LogP) is 5.47. The van der Waals surface area contributed by atoms with Gasteiger partial charge in [0.15, 0.2) is 0 Å². The molecular formula is C26H24BrCl2N3O4S. The molecule has 0 aliphatic carbocycles. The Morgan fingerprint density at radius 3 is 2.43 bits per heavy atom. The number of carbonyl (C=O) groups is 2. The second kappa shape index (κ2) is 11.4. The fourth-order valence-corrected chi connectivity index (χ4v) is 5.93. The number of hydrogen-bond donors (Lipinski definition) is 1. The third kappa shape index (κ3) is 6.65. The van der Waals surface area contributed by atoms with Crippen LogP contribution in [0.3, 0.4) is 0 Å². The molecule has 0 saturated carbocycles. The first-order valence-corrected chi connectivity index (χ1v) is 14.5. The van der Waals surface area contributed by atoms with E-state index in [1.165, 1.54) is 18.2 Å². The van der Waals surface area contributed by atoms with E-state index >= 15 is 0 Å². The summed E-state index contributed by atoms with van der Waals surface area (Å²) in [4.78, 5) is 29.5. The number of nitrogens with one attached hydrogen (secondary N) is 1. The fourth-order valence-electron chi connectivity index (χ4n) is 4.17. The van der Waals surface area contributed by atoms with E-state index in [1.54, 1.807) is 52.3 Å². The maximum Gasteiger partial charge on any atom is 0.261 e. The summed E-state index contributed by atoms with van der Waals surface area (Å²) in [7, 11) is -3.95. The highest BCUT2D eigenvalue weighted by Gasteiger charge is 2.31. The van der Waals surface area contributed by atoms with Crippen LogP contribution in [0.4, 0.5) is 5.69 Å². The Kier molecular flexibility index (Phi) is 8.48. The summed E-state index contributed by atoms with van der Waals surface area (Å²) in [5.41, 5.74) is 1.30. The maximum absolute atomic E-state index is 13.3. The summed E-state index contributed by atoms with van der Waals surface area (Å²) in [5, 5.41) is 0.724.